The van der Waals surface area contributed by atoms with Gasteiger partial charge in [0.1, 0.15) is 5.54 Å². The van der Waals surface area contributed by atoms with Crippen molar-refractivity contribution >= 4 is 21.8 Å². The lowest BCUT2D eigenvalue weighted by Gasteiger charge is -2.29. The van der Waals surface area contributed by atoms with Gasteiger partial charge in [-0.15, -0.1) is 0 Å². The highest BCUT2D eigenvalue weighted by molar-refractivity contribution is 9.10. The van der Waals surface area contributed by atoms with E-state index in [1.54, 1.807) is 0 Å². The third-order valence-corrected chi connectivity index (χ3v) is 4.61. The molecule has 0 unspecified atom stereocenters. The SMILES string of the molecule is N#CC1(NC(=O)Cc2ccc(Br)cc2)CCCCCCC1. The highest BCUT2D eigenvalue weighted by Gasteiger charge is 2.31. The molecule has 1 aliphatic rings. The summed E-state index contributed by atoms with van der Waals surface area (Å²) in [6, 6.07) is 10.1. The molecule has 0 radical (unpaired) electrons. The second kappa shape index (κ2) is 7.61. The van der Waals surface area contributed by atoms with Crippen molar-refractivity contribution in [3.8, 4) is 6.07 Å². The molecular formula is C17H21BrN2O. The zero-order valence-electron chi connectivity index (χ0n) is 12.2. The van der Waals surface area contributed by atoms with Crippen LogP contribution >= 0.6 is 15.9 Å². The van der Waals surface area contributed by atoms with Crippen LogP contribution in [0.4, 0.5) is 0 Å². The van der Waals surface area contributed by atoms with E-state index in [2.05, 4.69) is 27.3 Å². The van der Waals surface area contributed by atoms with Crippen LogP contribution in [0.2, 0.25) is 0 Å². The van der Waals surface area contributed by atoms with Gasteiger partial charge in [0, 0.05) is 4.47 Å². The number of nitriles is 1. The van der Waals surface area contributed by atoms with E-state index >= 15 is 0 Å². The molecule has 1 aliphatic carbocycles. The summed E-state index contributed by atoms with van der Waals surface area (Å²) >= 11 is 3.38. The molecule has 0 atom stereocenters. The molecule has 1 saturated carbocycles. The molecule has 2 rings (SSSR count). The third-order valence-electron chi connectivity index (χ3n) is 4.08. The molecular weight excluding hydrogens is 328 g/mol. The van der Waals surface area contributed by atoms with Gasteiger partial charge in [0.25, 0.3) is 0 Å². The maximum Gasteiger partial charge on any atom is 0.225 e. The molecule has 4 heteroatoms. The zero-order chi connectivity index (χ0) is 15.1. The van der Waals surface area contributed by atoms with E-state index in [9.17, 15) is 10.1 Å². The molecule has 1 aromatic carbocycles. The van der Waals surface area contributed by atoms with Gasteiger partial charge in [-0.25, -0.2) is 0 Å². The minimum atomic E-state index is -0.660. The molecule has 3 nitrogen and oxygen atoms in total. The Hall–Kier alpha value is -1.34. The fourth-order valence-corrected chi connectivity index (χ4v) is 3.14. The summed E-state index contributed by atoms with van der Waals surface area (Å²) in [7, 11) is 0. The fraction of sp³-hybridized carbons (Fsp3) is 0.529. The van der Waals surface area contributed by atoms with E-state index in [0.717, 1.165) is 48.6 Å². The Kier molecular flexibility index (Phi) is 5.81. The van der Waals surface area contributed by atoms with Crippen molar-refractivity contribution in [1.29, 1.82) is 5.26 Å². The second-order valence-electron chi connectivity index (χ2n) is 5.81. The molecule has 0 bridgehead atoms. The highest BCUT2D eigenvalue weighted by Crippen LogP contribution is 2.26. The monoisotopic (exact) mass is 348 g/mol. The smallest absolute Gasteiger partial charge is 0.225 e. The molecule has 0 heterocycles. The third kappa shape index (κ3) is 4.86. The van der Waals surface area contributed by atoms with Crippen molar-refractivity contribution in [2.24, 2.45) is 0 Å². The maximum atomic E-state index is 12.3. The van der Waals surface area contributed by atoms with Gasteiger partial charge in [0.05, 0.1) is 12.5 Å². The van der Waals surface area contributed by atoms with Crippen molar-refractivity contribution in [1.82, 2.24) is 5.32 Å². The highest BCUT2D eigenvalue weighted by atomic mass is 79.9. The number of carbonyl (C=O) groups excluding carboxylic acids is 1. The van der Waals surface area contributed by atoms with Gasteiger partial charge < -0.3 is 5.32 Å². The van der Waals surface area contributed by atoms with Gasteiger partial charge in [-0.05, 0) is 30.5 Å². The predicted octanol–water partition coefficient (Wildman–Crippen LogP) is 4.11. The summed E-state index contributed by atoms with van der Waals surface area (Å²) in [6.45, 7) is 0. The lowest BCUT2D eigenvalue weighted by atomic mass is 9.85. The van der Waals surface area contributed by atoms with Crippen molar-refractivity contribution in [2.75, 3.05) is 0 Å². The Morgan fingerprint density at radius 2 is 1.71 bits per heavy atom. The molecule has 0 spiro atoms. The van der Waals surface area contributed by atoms with E-state index in [0.29, 0.717) is 6.42 Å². The van der Waals surface area contributed by atoms with Gasteiger partial charge >= 0.3 is 0 Å². The van der Waals surface area contributed by atoms with Crippen LogP contribution in [-0.2, 0) is 11.2 Å². The standard InChI is InChI=1S/C17H21BrN2O/c18-15-8-6-14(7-9-15)12-16(21)20-17(13-19)10-4-2-1-3-5-11-17/h6-9H,1-5,10-12H2,(H,20,21). The van der Waals surface area contributed by atoms with Crippen LogP contribution in [-0.4, -0.2) is 11.4 Å². The second-order valence-corrected chi connectivity index (χ2v) is 6.73. The topological polar surface area (TPSA) is 52.9 Å². The molecule has 0 saturated heterocycles. The molecule has 1 fully saturated rings. The largest absolute Gasteiger partial charge is 0.338 e. The van der Waals surface area contributed by atoms with Crippen LogP contribution < -0.4 is 5.32 Å². The Morgan fingerprint density at radius 3 is 2.29 bits per heavy atom. The molecule has 1 amide bonds. The first-order chi connectivity index (χ1) is 10.1. The first kappa shape index (κ1) is 16.0. The molecule has 112 valence electrons. The number of benzene rings is 1. The predicted molar refractivity (Wildman–Crippen MR) is 86.7 cm³/mol. The van der Waals surface area contributed by atoms with Gasteiger partial charge in [-0.3, -0.25) is 4.79 Å². The maximum absolute atomic E-state index is 12.3. The Balaban J connectivity index is 1.98. The number of nitrogens with zero attached hydrogens (tertiary/aromatic N) is 1. The lowest BCUT2D eigenvalue weighted by molar-refractivity contribution is -0.122. The molecule has 1 aromatic rings. The van der Waals surface area contributed by atoms with Crippen LogP contribution in [0.3, 0.4) is 0 Å². The molecule has 0 aromatic heterocycles. The van der Waals surface area contributed by atoms with Gasteiger partial charge in [0.2, 0.25) is 5.91 Å². The minimum absolute atomic E-state index is 0.0561. The number of halogens is 1. The van der Waals surface area contributed by atoms with Crippen LogP contribution in [0.25, 0.3) is 0 Å². The van der Waals surface area contributed by atoms with E-state index < -0.39 is 5.54 Å². The van der Waals surface area contributed by atoms with Crippen LogP contribution in [0.1, 0.15) is 50.5 Å². The lowest BCUT2D eigenvalue weighted by Crippen LogP contribution is -2.48. The van der Waals surface area contributed by atoms with Crippen molar-refractivity contribution in [2.45, 2.75) is 56.9 Å². The fourth-order valence-electron chi connectivity index (χ4n) is 2.87. The summed E-state index contributed by atoms with van der Waals surface area (Å²) in [5, 5.41) is 12.5. The molecule has 1 N–H and O–H groups in total. The summed E-state index contributed by atoms with van der Waals surface area (Å²) in [5.41, 5.74) is 0.307. The van der Waals surface area contributed by atoms with Crippen molar-refractivity contribution < 1.29 is 4.79 Å². The Morgan fingerprint density at radius 1 is 1.14 bits per heavy atom. The number of nitrogens with one attached hydrogen (secondary N) is 1. The average molecular weight is 349 g/mol. The average Bonchev–Trinajstić information content (AvgIpc) is 2.45. The zero-order valence-corrected chi connectivity index (χ0v) is 13.8. The molecule has 21 heavy (non-hydrogen) atoms. The normalized spacial score (nSPS) is 18.1. The molecule has 0 aliphatic heterocycles. The van der Waals surface area contributed by atoms with Crippen molar-refractivity contribution in [3.05, 3.63) is 34.3 Å². The summed E-state index contributed by atoms with van der Waals surface area (Å²) < 4.78 is 1.00. The van der Waals surface area contributed by atoms with Gasteiger partial charge in [-0.1, -0.05) is 60.2 Å². The summed E-state index contributed by atoms with van der Waals surface area (Å²) in [4.78, 5) is 12.3. The summed E-state index contributed by atoms with van der Waals surface area (Å²) in [5.74, 6) is -0.0561. The van der Waals surface area contributed by atoms with E-state index in [1.807, 2.05) is 24.3 Å². The quantitative estimate of drug-likeness (QED) is 0.893. The Labute approximate surface area is 134 Å². The summed E-state index contributed by atoms with van der Waals surface area (Å²) in [6.07, 6.45) is 7.48. The number of hydrogen-bond acceptors (Lipinski definition) is 2. The van der Waals surface area contributed by atoms with Crippen LogP contribution in [0.5, 0.6) is 0 Å². The first-order valence-corrected chi connectivity index (χ1v) is 8.40. The van der Waals surface area contributed by atoms with E-state index in [-0.39, 0.29) is 5.91 Å². The van der Waals surface area contributed by atoms with Gasteiger partial charge in [0.15, 0.2) is 0 Å². The van der Waals surface area contributed by atoms with E-state index in [1.165, 1.54) is 6.42 Å². The number of hydrogen-bond donors (Lipinski definition) is 1. The van der Waals surface area contributed by atoms with Crippen LogP contribution in [0, 0.1) is 11.3 Å². The number of amides is 1. The van der Waals surface area contributed by atoms with Crippen molar-refractivity contribution in [3.63, 3.8) is 0 Å². The van der Waals surface area contributed by atoms with Crippen LogP contribution in [0.15, 0.2) is 28.7 Å². The first-order valence-electron chi connectivity index (χ1n) is 7.60. The van der Waals surface area contributed by atoms with E-state index in [4.69, 9.17) is 0 Å². The Bertz CT molecular complexity index is 511. The number of rotatable bonds is 3. The minimum Gasteiger partial charge on any atom is -0.338 e. The number of carbonyl (C=O) groups is 1. The van der Waals surface area contributed by atoms with Gasteiger partial charge in [-0.2, -0.15) is 5.26 Å².